The Morgan fingerprint density at radius 3 is 2.71 bits per heavy atom. The van der Waals surface area contributed by atoms with Crippen LogP contribution >= 0.6 is 0 Å². The fourth-order valence-electron chi connectivity index (χ4n) is 1.81. The molecule has 1 unspecified atom stereocenters. The molecule has 4 nitrogen and oxygen atoms in total. The first-order chi connectivity index (χ1) is 7.83. The number of carbonyl (C=O) groups is 1. The van der Waals surface area contributed by atoms with Crippen LogP contribution in [0.3, 0.4) is 0 Å². The van der Waals surface area contributed by atoms with E-state index in [1.165, 1.54) is 4.90 Å². The molecule has 1 heterocycles. The van der Waals surface area contributed by atoms with Crippen molar-refractivity contribution in [3.05, 3.63) is 0 Å². The Morgan fingerprint density at radius 1 is 1.59 bits per heavy atom. The van der Waals surface area contributed by atoms with Crippen molar-refractivity contribution in [1.82, 2.24) is 4.90 Å². The van der Waals surface area contributed by atoms with Gasteiger partial charge in [0.15, 0.2) is 0 Å². The van der Waals surface area contributed by atoms with Crippen LogP contribution < -0.4 is 0 Å². The predicted octanol–water partition coefficient (Wildman–Crippen LogP) is 2.03. The molecular formula is C10H15F3N2O2. The first kappa shape index (κ1) is 13.8. The van der Waals surface area contributed by atoms with E-state index < -0.39 is 24.9 Å². The quantitative estimate of drug-likeness (QED) is 0.604. The molecular weight excluding hydrogens is 237 g/mol. The summed E-state index contributed by atoms with van der Waals surface area (Å²) in [7, 11) is 0. The Kier molecular flexibility index (Phi) is 4.36. The number of nitrogens with zero attached hydrogens (tertiary/aromatic N) is 2. The van der Waals surface area contributed by atoms with E-state index in [1.54, 1.807) is 6.92 Å². The summed E-state index contributed by atoms with van der Waals surface area (Å²) in [5.74, 6) is -0.602. The maximum Gasteiger partial charge on any atom is 0.389 e. The minimum Gasteiger partial charge on any atom is -0.411 e. The zero-order valence-electron chi connectivity index (χ0n) is 9.50. The van der Waals surface area contributed by atoms with Gasteiger partial charge in [-0.05, 0) is 0 Å². The second kappa shape index (κ2) is 5.37. The number of carbonyl (C=O) groups excluding carboxylic acids is 1. The molecule has 0 radical (unpaired) electrons. The number of halogens is 3. The van der Waals surface area contributed by atoms with Crippen LogP contribution in [0.5, 0.6) is 0 Å². The third-order valence-corrected chi connectivity index (χ3v) is 2.80. The summed E-state index contributed by atoms with van der Waals surface area (Å²) in [6.07, 6.45) is -5.48. The average molecular weight is 252 g/mol. The van der Waals surface area contributed by atoms with E-state index in [-0.39, 0.29) is 5.92 Å². The number of hydrogen-bond acceptors (Lipinski definition) is 3. The zero-order valence-corrected chi connectivity index (χ0v) is 9.50. The first-order valence-electron chi connectivity index (χ1n) is 5.39. The van der Waals surface area contributed by atoms with Crippen LogP contribution in [0.1, 0.15) is 26.2 Å². The lowest BCUT2D eigenvalue weighted by Gasteiger charge is -2.31. The minimum absolute atomic E-state index is 0.108. The number of hydrogen-bond donors (Lipinski definition) is 1. The van der Waals surface area contributed by atoms with Crippen LogP contribution in [0.2, 0.25) is 0 Å². The molecule has 0 saturated carbocycles. The highest BCUT2D eigenvalue weighted by Crippen LogP contribution is 2.23. The Balaban J connectivity index is 2.45. The van der Waals surface area contributed by atoms with Crippen molar-refractivity contribution in [2.75, 3.05) is 13.1 Å². The standard InChI is InChI=1S/C10H15F3N2O2/c1-7-6-15(5-3-8(7)14-17)9(16)2-4-10(11,12)13/h7,17H,2-6H2,1H3. The van der Waals surface area contributed by atoms with E-state index >= 15 is 0 Å². The Bertz CT molecular complexity index is 315. The highest BCUT2D eigenvalue weighted by Gasteiger charge is 2.31. The number of likely N-dealkylation sites (tertiary alicyclic amines) is 1. The lowest BCUT2D eigenvalue weighted by molar-refractivity contribution is -0.149. The maximum absolute atomic E-state index is 12.0. The van der Waals surface area contributed by atoms with E-state index in [1.807, 2.05) is 0 Å². The van der Waals surface area contributed by atoms with Gasteiger partial charge in [-0.2, -0.15) is 13.2 Å². The van der Waals surface area contributed by atoms with Crippen molar-refractivity contribution in [3.8, 4) is 0 Å². The average Bonchev–Trinajstić information content (AvgIpc) is 2.24. The number of rotatable bonds is 2. The summed E-state index contributed by atoms with van der Waals surface area (Å²) in [4.78, 5) is 12.9. The smallest absolute Gasteiger partial charge is 0.389 e. The van der Waals surface area contributed by atoms with Crippen LogP contribution in [0.4, 0.5) is 13.2 Å². The largest absolute Gasteiger partial charge is 0.411 e. The Labute approximate surface area is 97.1 Å². The van der Waals surface area contributed by atoms with Crippen LogP contribution in [0.15, 0.2) is 5.16 Å². The van der Waals surface area contributed by atoms with Crippen molar-refractivity contribution < 1.29 is 23.2 Å². The minimum atomic E-state index is -4.30. The van der Waals surface area contributed by atoms with E-state index in [4.69, 9.17) is 5.21 Å². The van der Waals surface area contributed by atoms with E-state index in [0.717, 1.165) is 0 Å². The lowest BCUT2D eigenvalue weighted by Crippen LogP contribution is -2.43. The van der Waals surface area contributed by atoms with Gasteiger partial charge in [-0.15, -0.1) is 0 Å². The predicted molar refractivity (Wildman–Crippen MR) is 54.9 cm³/mol. The van der Waals surface area contributed by atoms with E-state index in [0.29, 0.717) is 25.2 Å². The third kappa shape index (κ3) is 4.24. The van der Waals surface area contributed by atoms with Gasteiger partial charge >= 0.3 is 6.18 Å². The summed E-state index contributed by atoms with van der Waals surface area (Å²) in [5, 5.41) is 11.7. The normalized spacial score (nSPS) is 24.1. The molecule has 7 heteroatoms. The maximum atomic E-state index is 12.0. The monoisotopic (exact) mass is 252 g/mol. The molecule has 1 amide bonds. The molecule has 0 aliphatic carbocycles. The van der Waals surface area contributed by atoms with Crippen LogP contribution in [0.25, 0.3) is 0 Å². The van der Waals surface area contributed by atoms with Gasteiger partial charge in [0.05, 0.1) is 12.1 Å². The SMILES string of the molecule is CC1CN(C(=O)CCC(F)(F)F)CCC1=NO. The van der Waals surface area contributed by atoms with Crippen LogP contribution in [0, 0.1) is 5.92 Å². The highest BCUT2D eigenvalue weighted by atomic mass is 19.4. The van der Waals surface area contributed by atoms with Gasteiger partial charge in [0.2, 0.25) is 5.91 Å². The zero-order chi connectivity index (χ0) is 13.1. The highest BCUT2D eigenvalue weighted by molar-refractivity contribution is 5.89. The number of amides is 1. The molecule has 98 valence electrons. The number of alkyl halides is 3. The van der Waals surface area contributed by atoms with E-state index in [9.17, 15) is 18.0 Å². The molecule has 1 saturated heterocycles. The molecule has 0 aromatic heterocycles. The summed E-state index contributed by atoms with van der Waals surface area (Å²) in [5.41, 5.74) is 0.588. The van der Waals surface area contributed by atoms with Gasteiger partial charge in [-0.1, -0.05) is 12.1 Å². The summed E-state index contributed by atoms with van der Waals surface area (Å²) >= 11 is 0. The molecule has 0 aromatic carbocycles. The van der Waals surface area contributed by atoms with Gasteiger partial charge in [-0.3, -0.25) is 4.79 Å². The van der Waals surface area contributed by atoms with Crippen LogP contribution in [-0.4, -0.2) is 41.0 Å². The molecule has 1 N–H and O–H groups in total. The molecule has 0 spiro atoms. The number of oxime groups is 1. The molecule has 1 fully saturated rings. The lowest BCUT2D eigenvalue weighted by atomic mass is 9.97. The van der Waals surface area contributed by atoms with Crippen molar-refractivity contribution in [1.29, 1.82) is 0 Å². The van der Waals surface area contributed by atoms with Crippen molar-refractivity contribution in [2.45, 2.75) is 32.4 Å². The van der Waals surface area contributed by atoms with Crippen molar-refractivity contribution in [3.63, 3.8) is 0 Å². The molecule has 0 bridgehead atoms. The molecule has 17 heavy (non-hydrogen) atoms. The fraction of sp³-hybridized carbons (Fsp3) is 0.800. The topological polar surface area (TPSA) is 52.9 Å². The second-order valence-electron chi connectivity index (χ2n) is 4.20. The van der Waals surface area contributed by atoms with Gasteiger partial charge < -0.3 is 10.1 Å². The fourth-order valence-corrected chi connectivity index (χ4v) is 1.81. The Hall–Kier alpha value is -1.27. The van der Waals surface area contributed by atoms with Crippen LogP contribution in [-0.2, 0) is 4.79 Å². The molecule has 1 atom stereocenters. The van der Waals surface area contributed by atoms with Gasteiger partial charge in [0, 0.05) is 31.8 Å². The number of piperidine rings is 1. The Morgan fingerprint density at radius 2 is 2.24 bits per heavy atom. The van der Waals surface area contributed by atoms with E-state index in [2.05, 4.69) is 5.16 Å². The summed E-state index contributed by atoms with van der Waals surface area (Å²) in [6.45, 7) is 2.41. The molecule has 1 aliphatic rings. The van der Waals surface area contributed by atoms with Gasteiger partial charge in [0.1, 0.15) is 0 Å². The molecule has 1 rings (SSSR count). The van der Waals surface area contributed by atoms with Gasteiger partial charge in [0.25, 0.3) is 0 Å². The molecule has 0 aromatic rings. The molecule has 1 aliphatic heterocycles. The van der Waals surface area contributed by atoms with Crippen molar-refractivity contribution in [2.24, 2.45) is 11.1 Å². The van der Waals surface area contributed by atoms with Crippen molar-refractivity contribution >= 4 is 11.6 Å². The first-order valence-corrected chi connectivity index (χ1v) is 5.39. The third-order valence-electron chi connectivity index (χ3n) is 2.80. The summed E-state index contributed by atoms with van der Waals surface area (Å²) < 4.78 is 35.9. The second-order valence-corrected chi connectivity index (χ2v) is 4.20. The summed E-state index contributed by atoms with van der Waals surface area (Å²) in [6, 6.07) is 0. The van der Waals surface area contributed by atoms with Gasteiger partial charge in [-0.25, -0.2) is 0 Å².